The maximum Gasteiger partial charge on any atom is 0.343 e. The van der Waals surface area contributed by atoms with Crippen LogP contribution in [0.3, 0.4) is 0 Å². The van der Waals surface area contributed by atoms with E-state index in [1.54, 1.807) is 24.6 Å². The molecule has 4 aromatic rings. The van der Waals surface area contributed by atoms with Gasteiger partial charge >= 0.3 is 5.97 Å². The first-order chi connectivity index (χ1) is 13.4. The minimum atomic E-state index is -0.467. The van der Waals surface area contributed by atoms with E-state index < -0.39 is 5.97 Å². The van der Waals surface area contributed by atoms with Crippen molar-refractivity contribution in [2.75, 3.05) is 6.61 Å². The Morgan fingerprint density at radius 1 is 1.14 bits per heavy atom. The molecule has 0 N–H and O–H groups in total. The number of esters is 1. The van der Waals surface area contributed by atoms with Gasteiger partial charge in [0, 0.05) is 18.1 Å². The van der Waals surface area contributed by atoms with Gasteiger partial charge in [-0.2, -0.15) is 5.10 Å². The molecule has 3 aromatic heterocycles. The standard InChI is InChI=1S/C21H20N4O3/c1-5-28-21(27)18-14(4)23-25-17-8-9-24(15-7-6-12(2)13(3)10-15)20(26)16(17)11-22-19(18)25/h6-11H,5H2,1-4H3. The first kappa shape index (κ1) is 17.9. The number of pyridine rings is 1. The Balaban J connectivity index is 1.95. The summed E-state index contributed by atoms with van der Waals surface area (Å²) >= 11 is 0. The highest BCUT2D eigenvalue weighted by atomic mass is 16.5. The molecule has 0 unspecified atom stereocenters. The summed E-state index contributed by atoms with van der Waals surface area (Å²) < 4.78 is 8.23. The molecule has 0 bridgehead atoms. The first-order valence-electron chi connectivity index (χ1n) is 9.06. The van der Waals surface area contributed by atoms with Crippen molar-refractivity contribution in [3.63, 3.8) is 0 Å². The van der Waals surface area contributed by atoms with Crippen molar-refractivity contribution in [3.05, 3.63) is 69.4 Å². The van der Waals surface area contributed by atoms with Gasteiger partial charge in [0.25, 0.3) is 5.56 Å². The van der Waals surface area contributed by atoms with Gasteiger partial charge in [0.15, 0.2) is 5.65 Å². The van der Waals surface area contributed by atoms with E-state index in [1.165, 1.54) is 16.3 Å². The summed E-state index contributed by atoms with van der Waals surface area (Å²) in [6.45, 7) is 7.79. The van der Waals surface area contributed by atoms with Crippen molar-refractivity contribution < 1.29 is 9.53 Å². The summed E-state index contributed by atoms with van der Waals surface area (Å²) in [4.78, 5) is 29.7. The minimum Gasteiger partial charge on any atom is -0.462 e. The van der Waals surface area contributed by atoms with Gasteiger partial charge in [-0.25, -0.2) is 14.3 Å². The van der Waals surface area contributed by atoms with Gasteiger partial charge in [0.05, 0.1) is 23.2 Å². The minimum absolute atomic E-state index is 0.194. The molecule has 7 nitrogen and oxygen atoms in total. The topological polar surface area (TPSA) is 78.5 Å². The van der Waals surface area contributed by atoms with Gasteiger partial charge in [-0.15, -0.1) is 0 Å². The molecule has 0 amide bonds. The monoisotopic (exact) mass is 376 g/mol. The molecule has 0 saturated carbocycles. The zero-order chi connectivity index (χ0) is 20.0. The predicted molar refractivity (Wildman–Crippen MR) is 106 cm³/mol. The fourth-order valence-corrected chi connectivity index (χ4v) is 3.30. The van der Waals surface area contributed by atoms with Crippen molar-refractivity contribution in [1.29, 1.82) is 0 Å². The molecule has 0 radical (unpaired) electrons. The molecule has 0 atom stereocenters. The van der Waals surface area contributed by atoms with E-state index in [9.17, 15) is 9.59 Å². The van der Waals surface area contributed by atoms with Crippen LogP contribution in [0.2, 0.25) is 0 Å². The third-order valence-corrected chi connectivity index (χ3v) is 4.94. The zero-order valence-electron chi connectivity index (χ0n) is 16.2. The van der Waals surface area contributed by atoms with Crippen LogP contribution < -0.4 is 5.56 Å². The normalized spacial score (nSPS) is 11.3. The number of ether oxygens (including phenoxy) is 1. The smallest absolute Gasteiger partial charge is 0.343 e. The second kappa shape index (κ2) is 6.60. The summed E-state index contributed by atoms with van der Waals surface area (Å²) in [5, 5.41) is 4.84. The summed E-state index contributed by atoms with van der Waals surface area (Å²) in [5.74, 6) is -0.467. The van der Waals surface area contributed by atoms with Crippen molar-refractivity contribution >= 4 is 22.5 Å². The van der Waals surface area contributed by atoms with Gasteiger partial charge < -0.3 is 4.74 Å². The third kappa shape index (κ3) is 2.67. The molecule has 4 rings (SSSR count). The molecule has 0 aliphatic heterocycles. The Hall–Kier alpha value is -3.48. The molecule has 28 heavy (non-hydrogen) atoms. The second-order valence-electron chi connectivity index (χ2n) is 6.73. The molecule has 0 spiro atoms. The lowest BCUT2D eigenvalue weighted by Gasteiger charge is -2.10. The van der Waals surface area contributed by atoms with E-state index in [-0.39, 0.29) is 12.2 Å². The molecule has 0 fully saturated rings. The Morgan fingerprint density at radius 3 is 2.64 bits per heavy atom. The quantitative estimate of drug-likeness (QED) is 0.513. The molecule has 0 saturated heterocycles. The fourth-order valence-electron chi connectivity index (χ4n) is 3.30. The lowest BCUT2D eigenvalue weighted by molar-refractivity contribution is 0.0527. The van der Waals surface area contributed by atoms with Crippen molar-refractivity contribution in [1.82, 2.24) is 19.2 Å². The lowest BCUT2D eigenvalue weighted by atomic mass is 10.1. The van der Waals surface area contributed by atoms with Crippen LogP contribution in [0.1, 0.15) is 34.1 Å². The number of aromatic nitrogens is 4. The molecule has 0 aliphatic rings. The van der Waals surface area contributed by atoms with Crippen molar-refractivity contribution in [3.8, 4) is 5.69 Å². The van der Waals surface area contributed by atoms with E-state index in [2.05, 4.69) is 10.1 Å². The van der Waals surface area contributed by atoms with Gasteiger partial charge in [-0.05, 0) is 57.0 Å². The SMILES string of the molecule is CCOC(=O)c1c(C)nn2c1ncc1c(=O)n(-c3ccc(C)c(C)c3)ccc12. The average molecular weight is 376 g/mol. The summed E-state index contributed by atoms with van der Waals surface area (Å²) in [6.07, 6.45) is 3.21. The molecule has 3 heterocycles. The van der Waals surface area contributed by atoms with E-state index in [0.717, 1.165) is 11.3 Å². The van der Waals surface area contributed by atoms with Crippen LogP contribution in [-0.2, 0) is 4.74 Å². The van der Waals surface area contributed by atoms with Crippen molar-refractivity contribution in [2.24, 2.45) is 0 Å². The molecule has 7 heteroatoms. The second-order valence-corrected chi connectivity index (χ2v) is 6.73. The van der Waals surface area contributed by atoms with E-state index in [4.69, 9.17) is 4.74 Å². The molecule has 0 aliphatic carbocycles. The third-order valence-electron chi connectivity index (χ3n) is 4.94. The highest BCUT2D eigenvalue weighted by Gasteiger charge is 2.21. The van der Waals surface area contributed by atoms with Gasteiger partial charge in [0.1, 0.15) is 5.56 Å². The average Bonchev–Trinajstić information content (AvgIpc) is 3.01. The van der Waals surface area contributed by atoms with Crippen molar-refractivity contribution in [2.45, 2.75) is 27.7 Å². The molecular formula is C21H20N4O3. The van der Waals surface area contributed by atoms with Crippen LogP contribution in [-0.4, -0.2) is 31.7 Å². The van der Waals surface area contributed by atoms with Crippen LogP contribution in [0.15, 0.2) is 41.5 Å². The summed E-state index contributed by atoms with van der Waals surface area (Å²) in [7, 11) is 0. The zero-order valence-corrected chi connectivity index (χ0v) is 16.2. The number of hydrogen-bond donors (Lipinski definition) is 0. The molecule has 1 aromatic carbocycles. The van der Waals surface area contributed by atoms with E-state index in [0.29, 0.717) is 27.8 Å². The van der Waals surface area contributed by atoms with E-state index in [1.807, 2.05) is 38.1 Å². The number of carbonyl (C=O) groups excluding carboxylic acids is 1. The number of nitrogens with zero attached hydrogens (tertiary/aromatic N) is 4. The van der Waals surface area contributed by atoms with Crippen LogP contribution in [0, 0.1) is 20.8 Å². The Kier molecular flexibility index (Phi) is 4.22. The van der Waals surface area contributed by atoms with Gasteiger partial charge in [0.2, 0.25) is 0 Å². The Labute approximate surface area is 161 Å². The van der Waals surface area contributed by atoms with Crippen LogP contribution in [0.5, 0.6) is 0 Å². The number of fused-ring (bicyclic) bond motifs is 3. The highest BCUT2D eigenvalue weighted by Crippen LogP contribution is 2.20. The van der Waals surface area contributed by atoms with Crippen LogP contribution in [0.25, 0.3) is 22.2 Å². The molecular weight excluding hydrogens is 356 g/mol. The van der Waals surface area contributed by atoms with Crippen LogP contribution in [0.4, 0.5) is 0 Å². The Bertz CT molecular complexity index is 1300. The maximum atomic E-state index is 13.1. The summed E-state index contributed by atoms with van der Waals surface area (Å²) in [6, 6.07) is 7.69. The molecule has 142 valence electrons. The van der Waals surface area contributed by atoms with E-state index >= 15 is 0 Å². The fraction of sp³-hybridized carbons (Fsp3) is 0.238. The first-order valence-corrected chi connectivity index (χ1v) is 9.06. The summed E-state index contributed by atoms with van der Waals surface area (Å²) in [5.41, 5.74) is 4.68. The largest absolute Gasteiger partial charge is 0.462 e. The highest BCUT2D eigenvalue weighted by molar-refractivity contribution is 5.98. The Morgan fingerprint density at radius 2 is 1.93 bits per heavy atom. The number of aryl methyl sites for hydroxylation is 3. The number of carbonyl (C=O) groups is 1. The number of hydrogen-bond acceptors (Lipinski definition) is 5. The van der Waals surface area contributed by atoms with Gasteiger partial charge in [-0.1, -0.05) is 6.07 Å². The number of rotatable bonds is 3. The van der Waals surface area contributed by atoms with Crippen LogP contribution >= 0.6 is 0 Å². The number of benzene rings is 1. The maximum absolute atomic E-state index is 13.1. The lowest BCUT2D eigenvalue weighted by Crippen LogP contribution is -2.19. The van der Waals surface area contributed by atoms with Gasteiger partial charge in [-0.3, -0.25) is 9.36 Å². The predicted octanol–water partition coefficient (Wildman–Crippen LogP) is 3.14.